The summed E-state index contributed by atoms with van der Waals surface area (Å²) < 4.78 is 5.44. The van der Waals surface area contributed by atoms with Gasteiger partial charge in [0.25, 0.3) is 0 Å². The molecule has 1 aliphatic heterocycles. The number of nitrogen functional groups attached to an aromatic ring is 1. The highest BCUT2D eigenvalue weighted by molar-refractivity contribution is 6.30. The van der Waals surface area contributed by atoms with Gasteiger partial charge in [0.1, 0.15) is 12.0 Å². The van der Waals surface area contributed by atoms with Crippen molar-refractivity contribution in [3.05, 3.63) is 35.6 Å². The number of benzene rings is 1. The summed E-state index contributed by atoms with van der Waals surface area (Å²) in [5.74, 6) is 1.20. The third-order valence-electron chi connectivity index (χ3n) is 3.86. The summed E-state index contributed by atoms with van der Waals surface area (Å²) >= 11 is 6.07. The molecule has 2 N–H and O–H groups in total. The van der Waals surface area contributed by atoms with Gasteiger partial charge in [-0.15, -0.1) is 0 Å². The van der Waals surface area contributed by atoms with Crippen molar-refractivity contribution in [2.45, 2.75) is 6.92 Å². The van der Waals surface area contributed by atoms with Gasteiger partial charge >= 0.3 is 0 Å². The van der Waals surface area contributed by atoms with Gasteiger partial charge in [-0.1, -0.05) is 17.7 Å². The predicted octanol–water partition coefficient (Wildman–Crippen LogP) is 2.44. The maximum absolute atomic E-state index is 6.14. The van der Waals surface area contributed by atoms with Crippen LogP contribution in [0.3, 0.4) is 0 Å². The lowest BCUT2D eigenvalue weighted by molar-refractivity contribution is 0.328. The Morgan fingerprint density at radius 2 is 1.91 bits per heavy atom. The number of halogens is 1. The van der Waals surface area contributed by atoms with Crippen molar-refractivity contribution in [2.75, 3.05) is 48.3 Å². The second-order valence-corrected chi connectivity index (χ2v) is 5.74. The summed E-state index contributed by atoms with van der Waals surface area (Å²) in [5.41, 5.74) is 7.79. The Balaban J connectivity index is 1.71. The summed E-state index contributed by atoms with van der Waals surface area (Å²) in [7, 11) is 0. The summed E-state index contributed by atoms with van der Waals surface area (Å²) in [4.78, 5) is 12.9. The number of ether oxygens (including phenoxy) is 1. The fourth-order valence-electron chi connectivity index (χ4n) is 2.72. The molecule has 2 aromatic rings. The molecule has 7 heteroatoms. The molecule has 0 radical (unpaired) electrons. The highest BCUT2D eigenvalue weighted by Crippen LogP contribution is 2.29. The third kappa shape index (κ3) is 3.42. The Bertz CT molecular complexity index is 673. The van der Waals surface area contributed by atoms with E-state index in [0.717, 1.165) is 42.7 Å². The molecule has 0 atom stereocenters. The van der Waals surface area contributed by atoms with E-state index in [4.69, 9.17) is 22.1 Å². The molecule has 0 bridgehead atoms. The van der Waals surface area contributed by atoms with Crippen LogP contribution in [0.15, 0.2) is 30.6 Å². The summed E-state index contributed by atoms with van der Waals surface area (Å²) in [6.07, 6.45) is 1.50. The fourth-order valence-corrected chi connectivity index (χ4v) is 2.91. The van der Waals surface area contributed by atoms with Crippen molar-refractivity contribution in [3.8, 4) is 5.88 Å². The van der Waals surface area contributed by atoms with Crippen LogP contribution < -0.4 is 20.3 Å². The molecule has 2 heterocycles. The highest BCUT2D eigenvalue weighted by atomic mass is 35.5. The van der Waals surface area contributed by atoms with Crippen molar-refractivity contribution in [1.29, 1.82) is 0 Å². The molecule has 0 amide bonds. The minimum Gasteiger partial charge on any atom is -0.476 e. The molecule has 0 saturated carbocycles. The zero-order valence-electron chi connectivity index (χ0n) is 13.1. The topological polar surface area (TPSA) is 67.5 Å². The maximum atomic E-state index is 6.14. The van der Waals surface area contributed by atoms with E-state index in [-0.39, 0.29) is 0 Å². The minimum absolute atomic E-state index is 0.453. The van der Waals surface area contributed by atoms with Crippen LogP contribution in [0.4, 0.5) is 17.2 Å². The van der Waals surface area contributed by atoms with Gasteiger partial charge in [0.15, 0.2) is 5.82 Å². The van der Waals surface area contributed by atoms with Gasteiger partial charge in [0, 0.05) is 36.9 Å². The maximum Gasteiger partial charge on any atom is 0.242 e. The molecule has 122 valence electrons. The molecule has 0 spiro atoms. The standard InChI is InChI=1S/C16H20ClN5O/c1-2-23-16-14(18)15(19-11-20-16)22-8-6-21(7-9-22)13-5-3-4-12(17)10-13/h3-5,10-11H,2,6-9,18H2,1H3. The number of nitrogens with zero attached hydrogens (tertiary/aromatic N) is 4. The van der Waals surface area contributed by atoms with Crippen molar-refractivity contribution in [1.82, 2.24) is 9.97 Å². The monoisotopic (exact) mass is 333 g/mol. The van der Waals surface area contributed by atoms with E-state index >= 15 is 0 Å². The molecular weight excluding hydrogens is 314 g/mol. The molecular formula is C16H20ClN5O. The fraction of sp³-hybridized carbons (Fsp3) is 0.375. The van der Waals surface area contributed by atoms with E-state index in [1.165, 1.54) is 6.33 Å². The van der Waals surface area contributed by atoms with Gasteiger partial charge in [0.2, 0.25) is 5.88 Å². The lowest BCUT2D eigenvalue weighted by Gasteiger charge is -2.37. The first-order valence-corrected chi connectivity index (χ1v) is 8.05. The van der Waals surface area contributed by atoms with Crippen LogP contribution in [0.2, 0.25) is 5.02 Å². The lowest BCUT2D eigenvalue weighted by atomic mass is 10.2. The van der Waals surface area contributed by atoms with E-state index in [1.54, 1.807) is 0 Å². The van der Waals surface area contributed by atoms with Gasteiger partial charge in [-0.05, 0) is 25.1 Å². The van der Waals surface area contributed by atoms with E-state index in [1.807, 2.05) is 25.1 Å². The van der Waals surface area contributed by atoms with E-state index in [2.05, 4.69) is 25.8 Å². The Labute approximate surface area is 140 Å². The lowest BCUT2D eigenvalue weighted by Crippen LogP contribution is -2.47. The average molecular weight is 334 g/mol. The van der Waals surface area contributed by atoms with E-state index in [0.29, 0.717) is 18.2 Å². The number of nitrogens with two attached hydrogens (primary N) is 1. The summed E-state index contributed by atoms with van der Waals surface area (Å²) in [5, 5.41) is 0.756. The van der Waals surface area contributed by atoms with Crippen LogP contribution in [0.1, 0.15) is 6.92 Å². The number of rotatable bonds is 4. The smallest absolute Gasteiger partial charge is 0.242 e. The first-order valence-electron chi connectivity index (χ1n) is 7.67. The van der Waals surface area contributed by atoms with Crippen molar-refractivity contribution in [2.24, 2.45) is 0 Å². The largest absolute Gasteiger partial charge is 0.476 e. The Morgan fingerprint density at radius 1 is 1.17 bits per heavy atom. The Kier molecular flexibility index (Phi) is 4.71. The van der Waals surface area contributed by atoms with Crippen LogP contribution >= 0.6 is 11.6 Å². The number of hydrogen-bond donors (Lipinski definition) is 1. The van der Waals surface area contributed by atoms with Gasteiger partial charge in [-0.3, -0.25) is 0 Å². The van der Waals surface area contributed by atoms with Gasteiger partial charge in [-0.25, -0.2) is 4.98 Å². The van der Waals surface area contributed by atoms with E-state index in [9.17, 15) is 0 Å². The number of hydrogen-bond acceptors (Lipinski definition) is 6. The molecule has 3 rings (SSSR count). The molecule has 1 fully saturated rings. The molecule has 1 saturated heterocycles. The highest BCUT2D eigenvalue weighted by Gasteiger charge is 2.22. The van der Waals surface area contributed by atoms with Crippen LogP contribution in [0, 0.1) is 0 Å². The molecule has 1 aromatic heterocycles. The average Bonchev–Trinajstić information content (AvgIpc) is 2.57. The molecule has 1 aliphatic rings. The minimum atomic E-state index is 0.453. The van der Waals surface area contributed by atoms with E-state index < -0.39 is 0 Å². The quantitative estimate of drug-likeness (QED) is 0.927. The summed E-state index contributed by atoms with van der Waals surface area (Å²) in [6.45, 7) is 5.87. The molecule has 23 heavy (non-hydrogen) atoms. The zero-order valence-corrected chi connectivity index (χ0v) is 13.8. The predicted molar refractivity (Wildman–Crippen MR) is 93.5 cm³/mol. The van der Waals surface area contributed by atoms with Crippen molar-refractivity contribution >= 4 is 28.8 Å². The van der Waals surface area contributed by atoms with Crippen LogP contribution in [0.25, 0.3) is 0 Å². The van der Waals surface area contributed by atoms with Crippen LogP contribution in [-0.2, 0) is 0 Å². The van der Waals surface area contributed by atoms with Crippen LogP contribution in [-0.4, -0.2) is 42.8 Å². The molecule has 6 nitrogen and oxygen atoms in total. The summed E-state index contributed by atoms with van der Waals surface area (Å²) in [6, 6.07) is 7.93. The normalized spacial score (nSPS) is 14.9. The van der Waals surface area contributed by atoms with Gasteiger partial charge in [0.05, 0.1) is 6.61 Å². The second kappa shape index (κ2) is 6.91. The Hall–Kier alpha value is -2.21. The van der Waals surface area contributed by atoms with Gasteiger partial charge < -0.3 is 20.3 Å². The van der Waals surface area contributed by atoms with Crippen molar-refractivity contribution < 1.29 is 4.74 Å². The second-order valence-electron chi connectivity index (χ2n) is 5.30. The van der Waals surface area contributed by atoms with Crippen molar-refractivity contribution in [3.63, 3.8) is 0 Å². The first kappa shape index (κ1) is 15.7. The number of piperazine rings is 1. The third-order valence-corrected chi connectivity index (χ3v) is 4.10. The zero-order chi connectivity index (χ0) is 16.2. The number of anilines is 3. The molecule has 0 unspecified atom stereocenters. The number of aromatic nitrogens is 2. The molecule has 0 aliphatic carbocycles. The van der Waals surface area contributed by atoms with Gasteiger partial charge in [-0.2, -0.15) is 4.98 Å². The van der Waals surface area contributed by atoms with Crippen LogP contribution in [0.5, 0.6) is 5.88 Å². The Morgan fingerprint density at radius 3 is 2.61 bits per heavy atom. The SMILES string of the molecule is CCOc1ncnc(N2CCN(c3cccc(Cl)c3)CC2)c1N. The molecule has 1 aromatic carbocycles. The first-order chi connectivity index (χ1) is 11.2.